The predicted octanol–water partition coefficient (Wildman–Crippen LogP) is 4.22. The Hall–Kier alpha value is -3.92. The quantitative estimate of drug-likeness (QED) is 0.391. The van der Waals surface area contributed by atoms with Gasteiger partial charge in [0.15, 0.2) is 0 Å². The number of nitrogens with zero attached hydrogens (tertiary/aromatic N) is 4. The number of carbonyl (C=O) groups excluding carboxylic acids is 2. The zero-order valence-corrected chi connectivity index (χ0v) is 25.3. The number of aromatic nitrogens is 2. The number of aliphatic hydroxyl groups is 1. The second-order valence-corrected chi connectivity index (χ2v) is 12.4. The molecule has 10 nitrogen and oxygen atoms in total. The lowest BCUT2D eigenvalue weighted by molar-refractivity contribution is -0.136. The van der Waals surface area contributed by atoms with E-state index in [1.807, 2.05) is 56.0 Å². The lowest BCUT2D eigenvalue weighted by atomic mass is 9.90. The first-order valence-electron chi connectivity index (χ1n) is 14.6. The maximum atomic E-state index is 13.2. The van der Waals surface area contributed by atoms with Crippen molar-refractivity contribution in [2.75, 3.05) is 38.5 Å². The topological polar surface area (TPSA) is 117 Å². The number of amides is 2. The molecule has 1 aliphatic rings. The largest absolute Gasteiger partial charge is 0.444 e. The zero-order chi connectivity index (χ0) is 30.5. The molecular weight excluding hydrogens is 534 g/mol. The Labute approximate surface area is 247 Å². The summed E-state index contributed by atoms with van der Waals surface area (Å²) < 4.78 is 6.83. The summed E-state index contributed by atoms with van der Waals surface area (Å²) in [7, 11) is 1.68. The van der Waals surface area contributed by atoms with Gasteiger partial charge in [0.05, 0.1) is 29.4 Å². The fourth-order valence-corrected chi connectivity index (χ4v) is 5.12. The van der Waals surface area contributed by atoms with Crippen LogP contribution in [0.1, 0.15) is 58.4 Å². The van der Waals surface area contributed by atoms with Crippen LogP contribution < -0.4 is 10.9 Å². The zero-order valence-electron chi connectivity index (χ0n) is 25.3. The molecule has 2 heterocycles. The Morgan fingerprint density at radius 3 is 2.50 bits per heavy atom. The average Bonchev–Trinajstić information content (AvgIpc) is 2.94. The van der Waals surface area contributed by atoms with Crippen molar-refractivity contribution < 1.29 is 19.4 Å². The third kappa shape index (κ3) is 8.09. The van der Waals surface area contributed by atoms with Gasteiger partial charge in [0.1, 0.15) is 5.60 Å². The van der Waals surface area contributed by atoms with Gasteiger partial charge in [-0.25, -0.2) is 9.78 Å². The molecule has 1 aromatic heterocycles. The summed E-state index contributed by atoms with van der Waals surface area (Å²) in [5.74, 6) is 0.204. The van der Waals surface area contributed by atoms with E-state index >= 15 is 0 Å². The molecule has 0 radical (unpaired) electrons. The number of fused-ring (bicyclic) bond motifs is 1. The SMILES string of the molecule is C[C@H](CC(=O)N1CCC(O)(Cn2cnc3cc(NCCN(C)C(=O)OC(C)(C)C)ccc3c2=O)CC1)c1ccccc1. The molecule has 1 atom stereocenters. The van der Waals surface area contributed by atoms with Gasteiger partial charge in [-0.15, -0.1) is 0 Å². The highest BCUT2D eigenvalue weighted by atomic mass is 16.6. The summed E-state index contributed by atoms with van der Waals surface area (Å²) in [5.41, 5.74) is 0.589. The molecule has 0 saturated carbocycles. The van der Waals surface area contributed by atoms with Crippen molar-refractivity contribution in [2.24, 2.45) is 0 Å². The molecule has 1 fully saturated rings. The van der Waals surface area contributed by atoms with Gasteiger partial charge in [0, 0.05) is 45.3 Å². The lowest BCUT2D eigenvalue weighted by Crippen LogP contribution is -2.49. The van der Waals surface area contributed by atoms with E-state index in [9.17, 15) is 19.5 Å². The molecule has 226 valence electrons. The van der Waals surface area contributed by atoms with Gasteiger partial charge in [-0.2, -0.15) is 0 Å². The molecule has 42 heavy (non-hydrogen) atoms. The highest BCUT2D eigenvalue weighted by molar-refractivity contribution is 5.81. The third-order valence-electron chi connectivity index (χ3n) is 7.67. The van der Waals surface area contributed by atoms with E-state index < -0.39 is 11.2 Å². The van der Waals surface area contributed by atoms with E-state index in [1.54, 1.807) is 25.2 Å². The van der Waals surface area contributed by atoms with E-state index in [0.717, 1.165) is 11.3 Å². The number of hydrogen-bond acceptors (Lipinski definition) is 7. The number of piperidine rings is 1. The molecule has 3 aromatic rings. The molecule has 2 aromatic carbocycles. The van der Waals surface area contributed by atoms with Crippen LogP contribution in [0.5, 0.6) is 0 Å². The average molecular weight is 578 g/mol. The second-order valence-electron chi connectivity index (χ2n) is 12.4. The van der Waals surface area contributed by atoms with Gasteiger partial charge in [0.25, 0.3) is 5.56 Å². The van der Waals surface area contributed by atoms with Crippen molar-refractivity contribution in [1.82, 2.24) is 19.4 Å². The maximum Gasteiger partial charge on any atom is 0.410 e. The van der Waals surface area contributed by atoms with Crippen LogP contribution in [0, 0.1) is 0 Å². The van der Waals surface area contributed by atoms with Crippen molar-refractivity contribution in [3.63, 3.8) is 0 Å². The maximum absolute atomic E-state index is 13.2. The van der Waals surface area contributed by atoms with Crippen LogP contribution in [0.15, 0.2) is 59.7 Å². The van der Waals surface area contributed by atoms with Gasteiger partial charge < -0.3 is 25.0 Å². The van der Waals surface area contributed by atoms with Gasteiger partial charge in [-0.3, -0.25) is 14.2 Å². The number of likely N-dealkylation sites (N-methyl/N-ethyl adjacent to an activating group) is 1. The number of anilines is 1. The minimum Gasteiger partial charge on any atom is -0.444 e. The highest BCUT2D eigenvalue weighted by Crippen LogP contribution is 2.27. The number of ether oxygens (including phenoxy) is 1. The summed E-state index contributed by atoms with van der Waals surface area (Å²) in [5, 5.41) is 15.0. The summed E-state index contributed by atoms with van der Waals surface area (Å²) in [4.78, 5) is 46.1. The minimum absolute atomic E-state index is 0.0823. The number of likely N-dealkylation sites (tertiary alicyclic amines) is 1. The molecule has 2 N–H and O–H groups in total. The van der Waals surface area contributed by atoms with E-state index in [0.29, 0.717) is 56.3 Å². The number of benzene rings is 2. The standard InChI is InChI=1S/C32H43N5O5/c1-23(24-9-7-6-8-10-24)19-28(38)36-16-13-32(41,14-17-36)21-37-22-34-27-20-25(11-12-26(27)29(37)39)33-15-18-35(5)30(40)42-31(2,3)4/h6-12,20,22-23,33,41H,13-19,21H2,1-5H3/t23-/m1/s1. The molecule has 1 aliphatic heterocycles. The molecule has 1 saturated heterocycles. The first kappa shape index (κ1) is 31.0. The number of carbonyl (C=O) groups is 2. The summed E-state index contributed by atoms with van der Waals surface area (Å²) in [6.45, 7) is 9.49. The van der Waals surface area contributed by atoms with Gasteiger partial charge in [-0.05, 0) is 63.3 Å². The fraction of sp³-hybridized carbons (Fsp3) is 0.500. The number of nitrogens with one attached hydrogen (secondary N) is 1. The van der Waals surface area contributed by atoms with Crippen molar-refractivity contribution in [3.8, 4) is 0 Å². The lowest BCUT2D eigenvalue weighted by Gasteiger charge is -2.38. The Morgan fingerprint density at radius 2 is 1.83 bits per heavy atom. The molecule has 0 unspecified atom stereocenters. The first-order chi connectivity index (χ1) is 19.8. The van der Waals surface area contributed by atoms with Crippen LogP contribution in [0.2, 0.25) is 0 Å². The number of rotatable bonds is 9. The van der Waals surface area contributed by atoms with Gasteiger partial charge in [-0.1, -0.05) is 37.3 Å². The Morgan fingerprint density at radius 1 is 1.14 bits per heavy atom. The molecule has 0 spiro atoms. The van der Waals surface area contributed by atoms with E-state index in [2.05, 4.69) is 17.2 Å². The molecule has 0 bridgehead atoms. The molecule has 2 amide bonds. The minimum atomic E-state index is -1.09. The third-order valence-corrected chi connectivity index (χ3v) is 7.67. The van der Waals surface area contributed by atoms with Crippen LogP contribution in [-0.4, -0.2) is 80.9 Å². The molecule has 0 aliphatic carbocycles. The monoisotopic (exact) mass is 577 g/mol. The first-order valence-corrected chi connectivity index (χ1v) is 14.6. The normalized spacial score (nSPS) is 15.7. The number of hydrogen-bond donors (Lipinski definition) is 2. The highest BCUT2D eigenvalue weighted by Gasteiger charge is 2.35. The van der Waals surface area contributed by atoms with E-state index in [-0.39, 0.29) is 30.0 Å². The van der Waals surface area contributed by atoms with Crippen LogP contribution >= 0.6 is 0 Å². The van der Waals surface area contributed by atoms with Crippen LogP contribution in [0.4, 0.5) is 10.5 Å². The summed E-state index contributed by atoms with van der Waals surface area (Å²) >= 11 is 0. The predicted molar refractivity (Wildman–Crippen MR) is 164 cm³/mol. The molecule has 10 heteroatoms. The van der Waals surface area contributed by atoms with Crippen molar-refractivity contribution in [1.29, 1.82) is 0 Å². The van der Waals surface area contributed by atoms with Crippen LogP contribution in [0.3, 0.4) is 0 Å². The van der Waals surface area contributed by atoms with Gasteiger partial charge >= 0.3 is 6.09 Å². The molecular formula is C32H43N5O5. The smallest absolute Gasteiger partial charge is 0.410 e. The Bertz CT molecular complexity index is 1440. The molecule has 4 rings (SSSR count). The Kier molecular flexibility index (Phi) is 9.56. The summed E-state index contributed by atoms with van der Waals surface area (Å²) in [6, 6.07) is 15.3. The van der Waals surface area contributed by atoms with Crippen molar-refractivity contribution in [2.45, 2.75) is 70.6 Å². The summed E-state index contributed by atoms with van der Waals surface area (Å²) in [6.07, 6.45) is 2.30. The van der Waals surface area contributed by atoms with Crippen molar-refractivity contribution >= 4 is 28.6 Å². The van der Waals surface area contributed by atoms with Crippen LogP contribution in [-0.2, 0) is 16.1 Å². The van der Waals surface area contributed by atoms with Crippen molar-refractivity contribution in [3.05, 3.63) is 70.8 Å². The fourth-order valence-electron chi connectivity index (χ4n) is 5.12. The Balaban J connectivity index is 1.31. The van der Waals surface area contributed by atoms with E-state index in [1.165, 1.54) is 15.8 Å². The second kappa shape index (κ2) is 12.9. The van der Waals surface area contributed by atoms with Crippen LogP contribution in [0.25, 0.3) is 10.9 Å². The van der Waals surface area contributed by atoms with E-state index in [4.69, 9.17) is 4.74 Å². The van der Waals surface area contributed by atoms with Gasteiger partial charge in [0.2, 0.25) is 5.91 Å².